The highest BCUT2D eigenvalue weighted by molar-refractivity contribution is 6.37. The summed E-state index contributed by atoms with van der Waals surface area (Å²) in [6.07, 6.45) is 0. The molecule has 0 aliphatic rings. The summed E-state index contributed by atoms with van der Waals surface area (Å²) in [5.41, 5.74) is 0. The molecule has 7 heteroatoms. The third-order valence-corrected chi connectivity index (χ3v) is 2.98. The fraction of sp³-hybridized carbons (Fsp3) is 0.385. The highest BCUT2D eigenvalue weighted by Crippen LogP contribution is 2.32. The number of ether oxygens (including phenoxy) is 1. The summed E-state index contributed by atoms with van der Waals surface area (Å²) in [5, 5.41) is 5.76. The number of benzene rings is 1. The zero-order chi connectivity index (χ0) is 15.1. The third kappa shape index (κ3) is 4.90. The van der Waals surface area contributed by atoms with Gasteiger partial charge in [0.25, 0.3) is 5.91 Å². The molecule has 110 valence electrons. The molecule has 0 aliphatic carbocycles. The number of carbonyl (C=O) groups is 2. The van der Waals surface area contributed by atoms with E-state index in [0.717, 1.165) is 0 Å². The molecular formula is C13H16Cl2N2O3. The van der Waals surface area contributed by atoms with Crippen LogP contribution in [0.4, 0.5) is 0 Å². The van der Waals surface area contributed by atoms with Gasteiger partial charge in [-0.1, -0.05) is 29.3 Å². The maximum Gasteiger partial charge on any atom is 0.258 e. The number of likely N-dealkylation sites (N-methyl/N-ethyl adjacent to an activating group) is 1. The van der Waals surface area contributed by atoms with Crippen LogP contribution in [-0.4, -0.2) is 31.0 Å². The zero-order valence-electron chi connectivity index (χ0n) is 11.2. The summed E-state index contributed by atoms with van der Waals surface area (Å²) < 4.78 is 5.26. The summed E-state index contributed by atoms with van der Waals surface area (Å²) in [6.45, 7) is 3.62. The Morgan fingerprint density at radius 3 is 2.45 bits per heavy atom. The van der Waals surface area contributed by atoms with Crippen LogP contribution in [0, 0.1) is 0 Å². The molecule has 0 saturated heterocycles. The predicted molar refractivity (Wildman–Crippen MR) is 78.2 cm³/mol. The molecule has 20 heavy (non-hydrogen) atoms. The Labute approximate surface area is 127 Å². The van der Waals surface area contributed by atoms with Gasteiger partial charge in [0.05, 0.1) is 10.0 Å². The maximum absolute atomic E-state index is 11.7. The lowest BCUT2D eigenvalue weighted by Gasteiger charge is -2.14. The molecule has 0 fully saturated rings. The number of hydrogen-bond acceptors (Lipinski definition) is 3. The Morgan fingerprint density at radius 2 is 1.90 bits per heavy atom. The quantitative estimate of drug-likeness (QED) is 0.843. The lowest BCUT2D eigenvalue weighted by atomic mass is 10.3. The minimum Gasteiger partial charge on any atom is -0.481 e. The SMILES string of the molecule is CCNC(=O)[C@@H](C)NC(=O)COc1c(Cl)cccc1Cl. The van der Waals surface area contributed by atoms with Crippen molar-refractivity contribution < 1.29 is 14.3 Å². The van der Waals surface area contributed by atoms with Crippen molar-refractivity contribution in [3.63, 3.8) is 0 Å². The summed E-state index contributed by atoms with van der Waals surface area (Å²) in [5.74, 6) is -0.437. The summed E-state index contributed by atoms with van der Waals surface area (Å²) in [7, 11) is 0. The van der Waals surface area contributed by atoms with Crippen LogP contribution in [0.15, 0.2) is 18.2 Å². The van der Waals surface area contributed by atoms with E-state index in [2.05, 4.69) is 10.6 Å². The van der Waals surface area contributed by atoms with Crippen molar-refractivity contribution >= 4 is 35.0 Å². The molecule has 0 saturated carbocycles. The van der Waals surface area contributed by atoms with E-state index in [9.17, 15) is 9.59 Å². The Balaban J connectivity index is 2.50. The number of halogens is 2. The first-order valence-electron chi connectivity index (χ1n) is 6.09. The largest absolute Gasteiger partial charge is 0.481 e. The Bertz CT molecular complexity index is 474. The maximum atomic E-state index is 11.7. The molecule has 0 unspecified atom stereocenters. The van der Waals surface area contributed by atoms with Gasteiger partial charge in [-0.25, -0.2) is 0 Å². The van der Waals surface area contributed by atoms with E-state index in [4.69, 9.17) is 27.9 Å². The monoisotopic (exact) mass is 318 g/mol. The Kier molecular flexibility index (Phi) is 6.61. The van der Waals surface area contributed by atoms with Crippen molar-refractivity contribution in [2.24, 2.45) is 0 Å². The number of hydrogen-bond donors (Lipinski definition) is 2. The van der Waals surface area contributed by atoms with Gasteiger partial charge in [-0.3, -0.25) is 9.59 Å². The second kappa shape index (κ2) is 7.97. The van der Waals surface area contributed by atoms with Gasteiger partial charge in [0, 0.05) is 6.54 Å². The Hall–Kier alpha value is -1.46. The van der Waals surface area contributed by atoms with Crippen molar-refractivity contribution in [1.82, 2.24) is 10.6 Å². The van der Waals surface area contributed by atoms with Crippen molar-refractivity contribution in [1.29, 1.82) is 0 Å². The van der Waals surface area contributed by atoms with Crippen LogP contribution in [-0.2, 0) is 9.59 Å². The summed E-state index contributed by atoms with van der Waals surface area (Å²) >= 11 is 11.8. The molecule has 1 aromatic carbocycles. The van der Waals surface area contributed by atoms with E-state index >= 15 is 0 Å². The Morgan fingerprint density at radius 1 is 1.30 bits per heavy atom. The number of amides is 2. The van der Waals surface area contributed by atoms with E-state index in [1.807, 2.05) is 0 Å². The number of para-hydroxylation sites is 1. The second-order valence-corrected chi connectivity index (χ2v) is 4.84. The molecule has 2 amide bonds. The molecular weight excluding hydrogens is 303 g/mol. The molecule has 2 N–H and O–H groups in total. The average Bonchev–Trinajstić information content (AvgIpc) is 2.38. The van der Waals surface area contributed by atoms with Crippen LogP contribution in [0.5, 0.6) is 5.75 Å². The van der Waals surface area contributed by atoms with Crippen LogP contribution in [0.3, 0.4) is 0 Å². The molecule has 1 atom stereocenters. The topological polar surface area (TPSA) is 67.4 Å². The van der Waals surface area contributed by atoms with Crippen molar-refractivity contribution in [2.45, 2.75) is 19.9 Å². The molecule has 0 heterocycles. The normalized spacial score (nSPS) is 11.6. The van der Waals surface area contributed by atoms with Crippen molar-refractivity contribution in [3.05, 3.63) is 28.2 Å². The van der Waals surface area contributed by atoms with E-state index in [-0.39, 0.29) is 18.3 Å². The second-order valence-electron chi connectivity index (χ2n) is 4.02. The average molecular weight is 319 g/mol. The summed E-state index contributed by atoms with van der Waals surface area (Å²) in [4.78, 5) is 23.1. The fourth-order valence-corrected chi connectivity index (χ4v) is 1.94. The zero-order valence-corrected chi connectivity index (χ0v) is 12.7. The molecule has 0 aliphatic heterocycles. The van der Waals surface area contributed by atoms with Crippen LogP contribution in [0.2, 0.25) is 10.0 Å². The van der Waals surface area contributed by atoms with Gasteiger partial charge in [0.2, 0.25) is 5.91 Å². The standard InChI is InChI=1S/C13H16Cl2N2O3/c1-3-16-13(19)8(2)17-11(18)7-20-12-9(14)5-4-6-10(12)15/h4-6,8H,3,7H2,1-2H3,(H,16,19)(H,17,18)/t8-/m1/s1. The lowest BCUT2D eigenvalue weighted by molar-refractivity contribution is -0.129. The number of nitrogens with one attached hydrogen (secondary N) is 2. The first kappa shape index (κ1) is 16.6. The van der Waals surface area contributed by atoms with Crippen LogP contribution < -0.4 is 15.4 Å². The van der Waals surface area contributed by atoms with E-state index in [1.165, 1.54) is 0 Å². The first-order chi connectivity index (χ1) is 9.45. The van der Waals surface area contributed by atoms with Gasteiger partial charge >= 0.3 is 0 Å². The van der Waals surface area contributed by atoms with Crippen molar-refractivity contribution in [2.75, 3.05) is 13.2 Å². The van der Waals surface area contributed by atoms with Gasteiger partial charge in [-0.2, -0.15) is 0 Å². The molecule has 0 spiro atoms. The van der Waals surface area contributed by atoms with Gasteiger partial charge in [-0.05, 0) is 26.0 Å². The number of rotatable bonds is 6. The van der Waals surface area contributed by atoms with Crippen LogP contribution in [0.1, 0.15) is 13.8 Å². The van der Waals surface area contributed by atoms with Gasteiger partial charge in [-0.15, -0.1) is 0 Å². The highest BCUT2D eigenvalue weighted by atomic mass is 35.5. The minimum atomic E-state index is -0.632. The van der Waals surface area contributed by atoms with Gasteiger partial charge < -0.3 is 15.4 Å². The van der Waals surface area contributed by atoms with E-state index < -0.39 is 11.9 Å². The lowest BCUT2D eigenvalue weighted by Crippen LogP contribution is -2.46. The first-order valence-corrected chi connectivity index (χ1v) is 6.85. The number of carbonyl (C=O) groups excluding carboxylic acids is 2. The summed E-state index contributed by atoms with van der Waals surface area (Å²) in [6, 6.07) is 4.26. The van der Waals surface area contributed by atoms with Crippen molar-refractivity contribution in [3.8, 4) is 5.75 Å². The molecule has 5 nitrogen and oxygen atoms in total. The molecule has 0 radical (unpaired) electrons. The molecule has 0 bridgehead atoms. The molecule has 0 aromatic heterocycles. The van der Waals surface area contributed by atoms with E-state index in [1.54, 1.807) is 32.0 Å². The van der Waals surface area contributed by atoms with Crippen LogP contribution in [0.25, 0.3) is 0 Å². The van der Waals surface area contributed by atoms with Gasteiger partial charge in [0.1, 0.15) is 6.04 Å². The minimum absolute atomic E-state index is 0.247. The van der Waals surface area contributed by atoms with E-state index in [0.29, 0.717) is 16.6 Å². The predicted octanol–water partition coefficient (Wildman–Crippen LogP) is 2.01. The molecule has 1 aromatic rings. The highest BCUT2D eigenvalue weighted by Gasteiger charge is 2.15. The smallest absolute Gasteiger partial charge is 0.258 e. The third-order valence-electron chi connectivity index (χ3n) is 2.39. The van der Waals surface area contributed by atoms with Gasteiger partial charge in [0.15, 0.2) is 12.4 Å². The van der Waals surface area contributed by atoms with Crippen LogP contribution >= 0.6 is 23.2 Å². The molecule has 1 rings (SSSR count). The fourth-order valence-electron chi connectivity index (χ4n) is 1.43.